The second kappa shape index (κ2) is 12.2. The normalized spacial score (nSPS) is 17.4. The van der Waals surface area contributed by atoms with E-state index >= 15 is 0 Å². The van der Waals surface area contributed by atoms with Gasteiger partial charge in [0.05, 0.1) is 11.3 Å². The average molecular weight is 500 g/mol. The van der Waals surface area contributed by atoms with Gasteiger partial charge in [0.15, 0.2) is 6.23 Å². The Bertz CT molecular complexity index is 1250. The van der Waals surface area contributed by atoms with Crippen molar-refractivity contribution in [2.45, 2.75) is 58.5 Å². The van der Waals surface area contributed by atoms with Crippen LogP contribution in [0.1, 0.15) is 48.6 Å². The maximum Gasteiger partial charge on any atom is 0.257 e. The molecule has 1 atom stereocenters. The average Bonchev–Trinajstić information content (AvgIpc) is 2.91. The van der Waals surface area contributed by atoms with Crippen LogP contribution in [-0.2, 0) is 26.1 Å². The number of hydrogen-bond donors (Lipinski definition) is 2. The zero-order valence-corrected chi connectivity index (χ0v) is 21.7. The number of allylic oxidation sites excluding steroid dienone is 1. The lowest BCUT2D eigenvalue weighted by Gasteiger charge is -2.28. The lowest BCUT2D eigenvalue weighted by Crippen LogP contribution is -2.36. The highest BCUT2D eigenvalue weighted by atomic mass is 16.5. The van der Waals surface area contributed by atoms with E-state index < -0.39 is 6.23 Å². The van der Waals surface area contributed by atoms with Crippen LogP contribution in [0, 0.1) is 0 Å². The number of H-pyrrole nitrogens is 1. The van der Waals surface area contributed by atoms with Gasteiger partial charge in [-0.1, -0.05) is 55.0 Å². The molecule has 0 spiro atoms. The first-order chi connectivity index (χ1) is 18.2. The van der Waals surface area contributed by atoms with Crippen molar-refractivity contribution in [3.05, 3.63) is 99.5 Å². The first kappa shape index (κ1) is 25.2. The van der Waals surface area contributed by atoms with Crippen molar-refractivity contribution in [3.63, 3.8) is 0 Å². The van der Waals surface area contributed by atoms with Gasteiger partial charge in [-0.05, 0) is 62.2 Å². The van der Waals surface area contributed by atoms with Crippen molar-refractivity contribution in [2.75, 3.05) is 25.0 Å². The lowest BCUT2D eigenvalue weighted by atomic mass is 10.1. The van der Waals surface area contributed by atoms with E-state index in [1.807, 2.05) is 49.4 Å². The number of hydrogen-bond acceptors (Lipinski definition) is 6. The summed E-state index contributed by atoms with van der Waals surface area (Å²) in [6.07, 6.45) is 8.05. The number of anilines is 1. The minimum Gasteiger partial charge on any atom is -0.467 e. The number of piperidine rings is 1. The number of rotatable bonds is 9. The molecule has 0 aliphatic carbocycles. The Hall–Kier alpha value is -3.42. The van der Waals surface area contributed by atoms with Crippen molar-refractivity contribution in [1.29, 1.82) is 0 Å². The number of nitrogens with zero attached hydrogens (tertiary/aromatic N) is 3. The number of likely N-dealkylation sites (tertiary alicyclic amines) is 1. The largest absolute Gasteiger partial charge is 0.467 e. The third-order valence-electron chi connectivity index (χ3n) is 7.06. The second-order valence-corrected chi connectivity index (χ2v) is 9.98. The van der Waals surface area contributed by atoms with Gasteiger partial charge in [0, 0.05) is 32.6 Å². The van der Waals surface area contributed by atoms with Gasteiger partial charge in [0.2, 0.25) is 5.95 Å². The molecule has 2 aliphatic rings. The quantitative estimate of drug-likeness (QED) is 0.328. The Kier molecular flexibility index (Phi) is 8.33. The first-order valence-corrected chi connectivity index (χ1v) is 13.4. The molecule has 1 aromatic heterocycles. The minimum absolute atomic E-state index is 0.0898. The van der Waals surface area contributed by atoms with Gasteiger partial charge in [-0.15, -0.1) is 0 Å². The molecule has 0 bridgehead atoms. The molecule has 0 amide bonds. The van der Waals surface area contributed by atoms with Crippen LogP contribution in [0.4, 0.5) is 5.95 Å². The molecule has 0 radical (unpaired) electrons. The lowest BCUT2D eigenvalue weighted by molar-refractivity contribution is 0.220. The smallest absolute Gasteiger partial charge is 0.257 e. The highest BCUT2D eigenvalue weighted by Gasteiger charge is 2.22. The zero-order valence-electron chi connectivity index (χ0n) is 21.7. The van der Waals surface area contributed by atoms with Crippen LogP contribution in [0.3, 0.4) is 0 Å². The first-order valence-electron chi connectivity index (χ1n) is 13.4. The van der Waals surface area contributed by atoms with E-state index in [9.17, 15) is 4.79 Å². The number of nitrogens with one attached hydrogen (secondary N) is 2. The Morgan fingerprint density at radius 3 is 2.59 bits per heavy atom. The van der Waals surface area contributed by atoms with Gasteiger partial charge in [0.1, 0.15) is 5.75 Å². The van der Waals surface area contributed by atoms with Gasteiger partial charge >= 0.3 is 0 Å². The Morgan fingerprint density at radius 2 is 1.78 bits per heavy atom. The van der Waals surface area contributed by atoms with Crippen LogP contribution < -0.4 is 15.6 Å². The van der Waals surface area contributed by atoms with E-state index in [4.69, 9.17) is 9.72 Å². The number of aromatic nitrogens is 2. The van der Waals surface area contributed by atoms with Crippen molar-refractivity contribution >= 4 is 5.95 Å². The molecule has 0 saturated carbocycles. The predicted molar refractivity (Wildman–Crippen MR) is 148 cm³/mol. The van der Waals surface area contributed by atoms with Crippen LogP contribution in [0.15, 0.2) is 71.5 Å². The van der Waals surface area contributed by atoms with Crippen LogP contribution >= 0.6 is 0 Å². The summed E-state index contributed by atoms with van der Waals surface area (Å²) in [4.78, 5) is 25.5. The van der Waals surface area contributed by atoms with Crippen LogP contribution in [0.5, 0.6) is 5.75 Å². The van der Waals surface area contributed by atoms with E-state index in [0.717, 1.165) is 56.2 Å². The van der Waals surface area contributed by atoms with Crippen molar-refractivity contribution in [3.8, 4) is 5.75 Å². The molecule has 3 heterocycles. The van der Waals surface area contributed by atoms with Crippen molar-refractivity contribution < 1.29 is 4.74 Å². The molecule has 5 rings (SSSR count). The van der Waals surface area contributed by atoms with Crippen molar-refractivity contribution in [1.82, 2.24) is 19.8 Å². The van der Waals surface area contributed by atoms with E-state index in [-0.39, 0.29) is 5.56 Å². The summed E-state index contributed by atoms with van der Waals surface area (Å²) in [5.41, 5.74) is 4.02. The monoisotopic (exact) mass is 499 g/mol. The van der Waals surface area contributed by atoms with E-state index in [1.54, 1.807) is 0 Å². The van der Waals surface area contributed by atoms with Crippen molar-refractivity contribution in [2.24, 2.45) is 0 Å². The summed E-state index contributed by atoms with van der Waals surface area (Å²) in [6.45, 7) is 7.52. The van der Waals surface area contributed by atoms with E-state index in [0.29, 0.717) is 12.5 Å². The molecule has 1 unspecified atom stereocenters. The maximum atomic E-state index is 13.0. The van der Waals surface area contributed by atoms with Gasteiger partial charge in [-0.25, -0.2) is 4.98 Å². The SMILES string of the molecule is C/C=C\C(Nc1nc2c(c(=O)[nH]1)CN(Cc1ccccc1)CC2)Oc1cccc(CN2CCCCC2)c1. The fourth-order valence-electron chi connectivity index (χ4n) is 5.19. The highest BCUT2D eigenvalue weighted by Crippen LogP contribution is 2.21. The van der Waals surface area contributed by atoms with E-state index in [2.05, 4.69) is 44.4 Å². The van der Waals surface area contributed by atoms with Gasteiger partial charge < -0.3 is 10.1 Å². The molecule has 194 valence electrons. The predicted octanol–water partition coefficient (Wildman–Crippen LogP) is 4.71. The fourth-order valence-corrected chi connectivity index (χ4v) is 5.19. The molecule has 3 aromatic rings. The Balaban J connectivity index is 1.24. The molecule has 1 fully saturated rings. The van der Waals surface area contributed by atoms with Gasteiger partial charge in [-0.3, -0.25) is 19.6 Å². The number of fused-ring (bicyclic) bond motifs is 1. The van der Waals surface area contributed by atoms with Crippen LogP contribution in [0.2, 0.25) is 0 Å². The Labute approximate surface area is 219 Å². The number of benzene rings is 2. The molecule has 2 N–H and O–H groups in total. The Morgan fingerprint density at radius 1 is 1.00 bits per heavy atom. The summed E-state index contributed by atoms with van der Waals surface area (Å²) < 4.78 is 6.27. The third-order valence-corrected chi connectivity index (χ3v) is 7.06. The fraction of sp³-hybridized carbons (Fsp3) is 0.400. The summed E-state index contributed by atoms with van der Waals surface area (Å²) >= 11 is 0. The summed E-state index contributed by atoms with van der Waals surface area (Å²) in [6, 6.07) is 18.6. The third kappa shape index (κ3) is 6.87. The molecular weight excluding hydrogens is 462 g/mol. The topological polar surface area (TPSA) is 73.5 Å². The summed E-state index contributed by atoms with van der Waals surface area (Å²) in [5, 5.41) is 3.27. The van der Waals surface area contributed by atoms with Gasteiger partial charge in [0.25, 0.3) is 5.56 Å². The molecule has 7 heteroatoms. The summed E-state index contributed by atoms with van der Waals surface area (Å²) in [7, 11) is 0. The standard InChI is InChI=1S/C30H37N5O2/c1-2-10-28(37-25-14-9-13-24(19-25)21-34-16-7-4-8-17-34)32-30-31-27-15-18-35(22-26(27)29(36)33-30)20-23-11-5-3-6-12-23/h2-3,5-6,9-14,19,28H,4,7-8,15-18,20-22H2,1H3,(H2,31,32,33,36)/b10-2-. The van der Waals surface area contributed by atoms with Crippen LogP contribution in [-0.4, -0.2) is 45.6 Å². The highest BCUT2D eigenvalue weighted by molar-refractivity contribution is 5.35. The van der Waals surface area contributed by atoms with Crippen LogP contribution in [0.25, 0.3) is 0 Å². The van der Waals surface area contributed by atoms with E-state index in [1.165, 1.54) is 30.4 Å². The zero-order chi connectivity index (χ0) is 25.5. The number of aromatic amines is 1. The molecular formula is C30H37N5O2. The molecule has 1 saturated heterocycles. The minimum atomic E-state index is -0.449. The second-order valence-electron chi connectivity index (χ2n) is 9.98. The maximum absolute atomic E-state index is 13.0. The summed E-state index contributed by atoms with van der Waals surface area (Å²) in [5.74, 6) is 1.23. The molecule has 37 heavy (non-hydrogen) atoms. The molecule has 2 aromatic carbocycles. The number of ether oxygens (including phenoxy) is 1. The molecule has 7 nitrogen and oxygen atoms in total. The van der Waals surface area contributed by atoms with Gasteiger partial charge in [-0.2, -0.15) is 0 Å². The molecule has 2 aliphatic heterocycles.